The number of nitrogens with zero attached hydrogens (tertiary/aromatic N) is 1. The number of benzene rings is 2. The first-order valence-corrected chi connectivity index (χ1v) is 11.5. The lowest BCUT2D eigenvalue weighted by atomic mass is 10.0. The predicted octanol–water partition coefficient (Wildman–Crippen LogP) is 4.77. The molecule has 0 bridgehead atoms. The highest BCUT2D eigenvalue weighted by Crippen LogP contribution is 2.32. The van der Waals surface area contributed by atoms with Crippen molar-refractivity contribution in [1.29, 1.82) is 0 Å². The molecule has 3 aromatic rings. The molecule has 7 heteroatoms. The second-order valence-corrected chi connectivity index (χ2v) is 9.50. The summed E-state index contributed by atoms with van der Waals surface area (Å²) in [6.45, 7) is 1.52. The zero-order valence-corrected chi connectivity index (χ0v) is 17.8. The van der Waals surface area contributed by atoms with Gasteiger partial charge in [0.25, 0.3) is 0 Å². The van der Waals surface area contributed by atoms with Crippen molar-refractivity contribution < 1.29 is 22.7 Å². The number of fused-ring (bicyclic) bond motifs is 1. The van der Waals surface area contributed by atoms with Gasteiger partial charge < -0.3 is 9.67 Å². The summed E-state index contributed by atoms with van der Waals surface area (Å²) in [4.78, 5) is 11.9. The van der Waals surface area contributed by atoms with Crippen molar-refractivity contribution >= 4 is 26.7 Å². The SMILES string of the molecule is Cc1c(Cc2ccccc2S(=O)(=O)C2=CCCC=C2)c2cc(F)ccc2n1CC(=O)O. The van der Waals surface area contributed by atoms with Crippen LogP contribution in [0.4, 0.5) is 4.39 Å². The Kier molecular flexibility index (Phi) is 5.54. The molecule has 0 radical (unpaired) electrons. The van der Waals surface area contributed by atoms with E-state index in [-0.39, 0.29) is 22.8 Å². The van der Waals surface area contributed by atoms with Gasteiger partial charge in [0.1, 0.15) is 12.4 Å². The summed E-state index contributed by atoms with van der Waals surface area (Å²) in [7, 11) is -3.70. The van der Waals surface area contributed by atoms with Gasteiger partial charge in [0.05, 0.1) is 9.80 Å². The van der Waals surface area contributed by atoms with E-state index in [2.05, 4.69) is 0 Å². The summed E-state index contributed by atoms with van der Waals surface area (Å²) in [6, 6.07) is 11.0. The summed E-state index contributed by atoms with van der Waals surface area (Å²) in [6.07, 6.45) is 6.94. The summed E-state index contributed by atoms with van der Waals surface area (Å²) < 4.78 is 42.2. The fraction of sp³-hybridized carbons (Fsp3) is 0.208. The Morgan fingerprint density at radius 2 is 1.94 bits per heavy atom. The van der Waals surface area contributed by atoms with Crippen LogP contribution in [0, 0.1) is 12.7 Å². The first-order valence-electron chi connectivity index (χ1n) is 9.97. The molecule has 1 N–H and O–H groups in total. The topological polar surface area (TPSA) is 76.4 Å². The number of rotatable bonds is 6. The lowest BCUT2D eigenvalue weighted by Gasteiger charge is -2.13. The van der Waals surface area contributed by atoms with Gasteiger partial charge in [0.15, 0.2) is 0 Å². The van der Waals surface area contributed by atoms with E-state index in [1.807, 2.05) is 6.08 Å². The highest BCUT2D eigenvalue weighted by atomic mass is 32.2. The van der Waals surface area contributed by atoms with Gasteiger partial charge in [-0.2, -0.15) is 0 Å². The van der Waals surface area contributed by atoms with Gasteiger partial charge in [-0.25, -0.2) is 12.8 Å². The Morgan fingerprint density at radius 3 is 2.65 bits per heavy atom. The van der Waals surface area contributed by atoms with Crippen molar-refractivity contribution in [2.75, 3.05) is 0 Å². The number of hydrogen-bond donors (Lipinski definition) is 1. The van der Waals surface area contributed by atoms with Crippen molar-refractivity contribution in [3.05, 3.63) is 88.2 Å². The molecule has 0 unspecified atom stereocenters. The molecular formula is C24H22FNO4S. The second kappa shape index (κ2) is 8.15. The van der Waals surface area contributed by atoms with E-state index < -0.39 is 21.6 Å². The van der Waals surface area contributed by atoms with E-state index in [1.165, 1.54) is 12.1 Å². The minimum atomic E-state index is -3.70. The third kappa shape index (κ3) is 3.93. The number of aromatic nitrogens is 1. The maximum atomic E-state index is 14.0. The van der Waals surface area contributed by atoms with E-state index >= 15 is 0 Å². The summed E-state index contributed by atoms with van der Waals surface area (Å²) in [5.41, 5.74) is 2.58. The van der Waals surface area contributed by atoms with Crippen LogP contribution in [0.3, 0.4) is 0 Å². The minimum absolute atomic E-state index is 0.211. The van der Waals surface area contributed by atoms with Crippen molar-refractivity contribution in [2.45, 2.75) is 37.6 Å². The number of carboxylic acids is 1. The molecule has 0 spiro atoms. The Hall–Kier alpha value is -3.19. The van der Waals surface area contributed by atoms with E-state index in [0.29, 0.717) is 34.1 Å². The number of allylic oxidation sites excluding steroid dienone is 3. The van der Waals surface area contributed by atoms with E-state index in [0.717, 1.165) is 6.42 Å². The molecule has 0 saturated heterocycles. The lowest BCUT2D eigenvalue weighted by molar-refractivity contribution is -0.137. The molecule has 31 heavy (non-hydrogen) atoms. The molecule has 0 saturated carbocycles. The van der Waals surface area contributed by atoms with Crippen LogP contribution in [0.25, 0.3) is 10.9 Å². The molecular weight excluding hydrogens is 417 g/mol. The van der Waals surface area contributed by atoms with Gasteiger partial charge in [-0.3, -0.25) is 4.79 Å². The molecule has 1 heterocycles. The van der Waals surface area contributed by atoms with E-state index in [1.54, 1.807) is 54.0 Å². The van der Waals surface area contributed by atoms with Crippen LogP contribution in [0.2, 0.25) is 0 Å². The van der Waals surface area contributed by atoms with Crippen molar-refractivity contribution in [1.82, 2.24) is 4.57 Å². The normalized spacial score (nSPS) is 14.1. The molecule has 1 aliphatic rings. The standard InChI is InChI=1S/C24H22FNO4S/c1-16-20(21-14-18(25)11-12-22(21)26(16)15-24(27)28)13-17-7-5-6-10-23(17)31(29,30)19-8-3-2-4-9-19/h3,5-12,14H,2,4,13,15H2,1H3,(H,27,28). The molecule has 2 aromatic carbocycles. The number of sulfone groups is 1. The number of hydrogen-bond acceptors (Lipinski definition) is 3. The zero-order chi connectivity index (χ0) is 22.2. The Bertz CT molecular complexity index is 1350. The van der Waals surface area contributed by atoms with Gasteiger partial charge in [-0.15, -0.1) is 0 Å². The molecule has 0 amide bonds. The molecule has 0 fully saturated rings. The smallest absolute Gasteiger partial charge is 0.323 e. The van der Waals surface area contributed by atoms with Crippen LogP contribution in [0.1, 0.15) is 29.7 Å². The van der Waals surface area contributed by atoms with E-state index in [9.17, 15) is 22.7 Å². The largest absolute Gasteiger partial charge is 0.480 e. The zero-order valence-electron chi connectivity index (χ0n) is 17.0. The van der Waals surface area contributed by atoms with E-state index in [4.69, 9.17) is 0 Å². The number of carboxylic acid groups (broad SMARTS) is 1. The van der Waals surface area contributed by atoms with Crippen LogP contribution in [-0.2, 0) is 27.6 Å². The minimum Gasteiger partial charge on any atom is -0.480 e. The maximum absolute atomic E-state index is 14.0. The van der Waals surface area contributed by atoms with Crippen LogP contribution in [0.5, 0.6) is 0 Å². The summed E-state index contributed by atoms with van der Waals surface area (Å²) in [5, 5.41) is 9.90. The van der Waals surface area contributed by atoms with Crippen LogP contribution < -0.4 is 0 Å². The van der Waals surface area contributed by atoms with Gasteiger partial charge in [0.2, 0.25) is 9.84 Å². The predicted molar refractivity (Wildman–Crippen MR) is 117 cm³/mol. The lowest BCUT2D eigenvalue weighted by Crippen LogP contribution is -2.11. The number of halogens is 1. The number of carbonyl (C=O) groups is 1. The fourth-order valence-corrected chi connectivity index (χ4v) is 5.71. The highest BCUT2D eigenvalue weighted by molar-refractivity contribution is 7.95. The molecule has 0 aliphatic heterocycles. The molecule has 5 nitrogen and oxygen atoms in total. The Labute approximate surface area is 180 Å². The number of aliphatic carboxylic acids is 1. The molecule has 1 aliphatic carbocycles. The molecule has 1 aromatic heterocycles. The van der Waals surface area contributed by atoms with Crippen LogP contribution in [0.15, 0.2) is 70.5 Å². The third-order valence-corrected chi connectivity index (χ3v) is 7.51. The first-order chi connectivity index (χ1) is 14.8. The maximum Gasteiger partial charge on any atom is 0.323 e. The van der Waals surface area contributed by atoms with Gasteiger partial charge in [-0.05, 0) is 61.2 Å². The van der Waals surface area contributed by atoms with Gasteiger partial charge in [-0.1, -0.05) is 30.4 Å². The average Bonchev–Trinajstić information content (AvgIpc) is 2.99. The monoisotopic (exact) mass is 439 g/mol. The quantitative estimate of drug-likeness (QED) is 0.600. The highest BCUT2D eigenvalue weighted by Gasteiger charge is 2.24. The summed E-state index contributed by atoms with van der Waals surface area (Å²) in [5.74, 6) is -1.44. The molecule has 4 rings (SSSR count). The molecule has 0 atom stereocenters. The average molecular weight is 440 g/mol. The molecule has 160 valence electrons. The third-order valence-electron chi connectivity index (χ3n) is 5.61. The van der Waals surface area contributed by atoms with Crippen LogP contribution >= 0.6 is 0 Å². The van der Waals surface area contributed by atoms with Crippen molar-refractivity contribution in [2.24, 2.45) is 0 Å². The first kappa shape index (κ1) is 21.1. The Morgan fingerprint density at radius 1 is 1.16 bits per heavy atom. The van der Waals surface area contributed by atoms with Gasteiger partial charge in [0, 0.05) is 23.0 Å². The Balaban J connectivity index is 1.86. The van der Waals surface area contributed by atoms with Gasteiger partial charge >= 0.3 is 5.97 Å². The summed E-state index contributed by atoms with van der Waals surface area (Å²) >= 11 is 0. The second-order valence-electron chi connectivity index (χ2n) is 7.58. The fourth-order valence-electron chi connectivity index (χ4n) is 4.10. The van der Waals surface area contributed by atoms with Crippen molar-refractivity contribution in [3.8, 4) is 0 Å². The van der Waals surface area contributed by atoms with Crippen LogP contribution in [-0.4, -0.2) is 24.1 Å². The van der Waals surface area contributed by atoms with Crippen molar-refractivity contribution in [3.63, 3.8) is 0 Å².